The van der Waals surface area contributed by atoms with Gasteiger partial charge in [0.05, 0.1) is 12.0 Å². The molecule has 1 saturated heterocycles. The van der Waals surface area contributed by atoms with Gasteiger partial charge in [0.2, 0.25) is 0 Å². The molecule has 0 unspecified atom stereocenters. The molecule has 2 rings (SSSR count). The summed E-state index contributed by atoms with van der Waals surface area (Å²) in [6.07, 6.45) is -6.40. The lowest BCUT2D eigenvalue weighted by Crippen LogP contribution is -2.59. The van der Waals surface area contributed by atoms with Crippen molar-refractivity contribution in [3.8, 4) is 0 Å². The van der Waals surface area contributed by atoms with E-state index >= 15 is 0 Å². The minimum absolute atomic E-state index is 0.167. The van der Waals surface area contributed by atoms with Gasteiger partial charge in [-0.15, -0.1) is 0 Å². The molecule has 0 bridgehead atoms. The third-order valence-electron chi connectivity index (χ3n) is 3.92. The summed E-state index contributed by atoms with van der Waals surface area (Å²) < 4.78 is 16.2. The van der Waals surface area contributed by atoms with Gasteiger partial charge in [0.1, 0.15) is 31.0 Å². The Bertz CT molecular complexity index is 554. The minimum Gasteiger partial charge on any atom is -0.462 e. The van der Waals surface area contributed by atoms with Gasteiger partial charge >= 0.3 is 5.97 Å². The van der Waals surface area contributed by atoms with Gasteiger partial charge in [0.25, 0.3) is 0 Å². The van der Waals surface area contributed by atoms with Crippen molar-refractivity contribution in [1.29, 1.82) is 0 Å². The first-order valence-electron chi connectivity index (χ1n) is 8.22. The van der Waals surface area contributed by atoms with Gasteiger partial charge in [0, 0.05) is 0 Å². The molecule has 0 aliphatic carbocycles. The van der Waals surface area contributed by atoms with Gasteiger partial charge in [0.15, 0.2) is 6.29 Å². The summed E-state index contributed by atoms with van der Waals surface area (Å²) in [5.41, 5.74) is 0.177. The molecular formula is C18H26O7. The largest absolute Gasteiger partial charge is 0.462 e. The number of aliphatic hydroxyl groups is 3. The van der Waals surface area contributed by atoms with Crippen molar-refractivity contribution in [1.82, 2.24) is 0 Å². The summed E-state index contributed by atoms with van der Waals surface area (Å²) in [6.45, 7) is 5.04. The van der Waals surface area contributed by atoms with E-state index in [0.29, 0.717) is 0 Å². The van der Waals surface area contributed by atoms with E-state index in [0.717, 1.165) is 5.56 Å². The molecule has 0 aromatic heterocycles. The van der Waals surface area contributed by atoms with Gasteiger partial charge in [-0.2, -0.15) is 0 Å². The maximum atomic E-state index is 11.8. The molecule has 1 aliphatic rings. The first kappa shape index (κ1) is 19.8. The van der Waals surface area contributed by atoms with Crippen LogP contribution in [-0.2, 0) is 25.6 Å². The van der Waals surface area contributed by atoms with Crippen LogP contribution in [0.25, 0.3) is 0 Å². The van der Waals surface area contributed by atoms with E-state index in [1.807, 2.05) is 30.3 Å². The number of ether oxygens (including phenoxy) is 3. The fourth-order valence-electron chi connectivity index (χ4n) is 2.32. The van der Waals surface area contributed by atoms with Gasteiger partial charge in [-0.05, 0) is 26.3 Å². The predicted octanol–water partition coefficient (Wildman–Crippen LogP) is 0.600. The third-order valence-corrected chi connectivity index (χ3v) is 3.92. The van der Waals surface area contributed by atoms with Crippen molar-refractivity contribution in [3.63, 3.8) is 0 Å². The fraction of sp³-hybridized carbons (Fsp3) is 0.611. The quantitative estimate of drug-likeness (QED) is 0.665. The second-order valence-electron chi connectivity index (χ2n) is 7.16. The van der Waals surface area contributed by atoms with E-state index in [9.17, 15) is 20.1 Å². The number of benzene rings is 1. The molecule has 0 radical (unpaired) electrons. The molecule has 25 heavy (non-hydrogen) atoms. The normalized spacial score (nSPS) is 30.1. The Morgan fingerprint density at radius 3 is 2.32 bits per heavy atom. The number of rotatable bonds is 5. The van der Waals surface area contributed by atoms with Gasteiger partial charge < -0.3 is 29.5 Å². The highest BCUT2D eigenvalue weighted by atomic mass is 16.7. The average molecular weight is 354 g/mol. The molecule has 0 saturated carbocycles. The Balaban J connectivity index is 1.95. The minimum atomic E-state index is -1.46. The highest BCUT2D eigenvalue weighted by Gasteiger charge is 2.45. The molecule has 140 valence electrons. The average Bonchev–Trinajstić information content (AvgIpc) is 2.58. The Morgan fingerprint density at radius 2 is 1.72 bits per heavy atom. The van der Waals surface area contributed by atoms with Crippen LogP contribution in [0.5, 0.6) is 0 Å². The standard InChI is InChI=1S/C18H26O7/c1-18(2,3)17(22)24-10-12-13(19)14(20)15(21)16(25-12)23-9-11-7-5-4-6-8-11/h4-8,12-16,19-21H,9-10H2,1-3H3/t12-,13-,14+,15-,16-/m1/s1. The van der Waals surface area contributed by atoms with Crippen LogP contribution in [0.15, 0.2) is 30.3 Å². The first-order chi connectivity index (χ1) is 11.7. The maximum absolute atomic E-state index is 11.8. The highest BCUT2D eigenvalue weighted by molar-refractivity contribution is 5.75. The molecule has 7 nitrogen and oxygen atoms in total. The van der Waals surface area contributed by atoms with Crippen LogP contribution < -0.4 is 0 Å². The second kappa shape index (κ2) is 8.25. The zero-order valence-electron chi connectivity index (χ0n) is 14.7. The number of hydrogen-bond donors (Lipinski definition) is 3. The van der Waals surface area contributed by atoms with Crippen molar-refractivity contribution >= 4 is 5.97 Å². The van der Waals surface area contributed by atoms with Crippen LogP contribution in [0.4, 0.5) is 0 Å². The summed E-state index contributed by atoms with van der Waals surface area (Å²) in [5.74, 6) is -0.453. The van der Waals surface area contributed by atoms with E-state index in [-0.39, 0.29) is 13.2 Å². The van der Waals surface area contributed by atoms with Crippen LogP contribution >= 0.6 is 0 Å². The Kier molecular flexibility index (Phi) is 6.53. The topological polar surface area (TPSA) is 105 Å². The highest BCUT2D eigenvalue weighted by Crippen LogP contribution is 2.24. The van der Waals surface area contributed by atoms with Crippen molar-refractivity contribution < 1.29 is 34.3 Å². The SMILES string of the molecule is CC(C)(C)C(=O)OC[C@H]1O[C@@H](OCc2ccccc2)[C@H](O)[C@@H](O)[C@@H]1O. The number of aliphatic hydroxyl groups excluding tert-OH is 3. The molecule has 1 aromatic carbocycles. The molecule has 3 N–H and O–H groups in total. The number of carbonyl (C=O) groups is 1. The van der Waals surface area contributed by atoms with Crippen LogP contribution in [0.3, 0.4) is 0 Å². The van der Waals surface area contributed by atoms with Crippen LogP contribution in [0.2, 0.25) is 0 Å². The zero-order chi connectivity index (χ0) is 18.6. The van der Waals surface area contributed by atoms with E-state index < -0.39 is 42.1 Å². The molecule has 1 heterocycles. The van der Waals surface area contributed by atoms with Crippen molar-refractivity contribution in [2.45, 2.75) is 58.1 Å². The summed E-state index contributed by atoms with van der Waals surface area (Å²) in [6, 6.07) is 9.27. The van der Waals surface area contributed by atoms with Crippen molar-refractivity contribution in [2.24, 2.45) is 5.41 Å². The van der Waals surface area contributed by atoms with Crippen LogP contribution in [-0.4, -0.2) is 58.6 Å². The lowest BCUT2D eigenvalue weighted by atomic mass is 9.97. The number of hydrogen-bond acceptors (Lipinski definition) is 7. The lowest BCUT2D eigenvalue weighted by molar-refractivity contribution is -0.305. The number of carbonyl (C=O) groups excluding carboxylic acids is 1. The van der Waals surface area contributed by atoms with Crippen LogP contribution in [0.1, 0.15) is 26.3 Å². The van der Waals surface area contributed by atoms with Crippen molar-refractivity contribution in [2.75, 3.05) is 6.61 Å². The molecule has 1 aromatic rings. The molecular weight excluding hydrogens is 328 g/mol. The maximum Gasteiger partial charge on any atom is 0.311 e. The third kappa shape index (κ3) is 5.23. The Hall–Kier alpha value is -1.51. The lowest BCUT2D eigenvalue weighted by Gasteiger charge is -2.40. The Morgan fingerprint density at radius 1 is 1.08 bits per heavy atom. The molecule has 0 spiro atoms. The molecule has 0 amide bonds. The summed E-state index contributed by atoms with van der Waals surface area (Å²) in [4.78, 5) is 11.8. The fourth-order valence-corrected chi connectivity index (χ4v) is 2.32. The summed E-state index contributed by atoms with van der Waals surface area (Å²) >= 11 is 0. The molecule has 7 heteroatoms. The monoisotopic (exact) mass is 354 g/mol. The number of esters is 1. The van der Waals surface area contributed by atoms with Gasteiger partial charge in [-0.1, -0.05) is 30.3 Å². The van der Waals surface area contributed by atoms with Gasteiger partial charge in [-0.25, -0.2) is 0 Å². The van der Waals surface area contributed by atoms with E-state index in [1.54, 1.807) is 20.8 Å². The van der Waals surface area contributed by atoms with E-state index in [1.165, 1.54) is 0 Å². The van der Waals surface area contributed by atoms with E-state index in [4.69, 9.17) is 14.2 Å². The smallest absolute Gasteiger partial charge is 0.311 e. The summed E-state index contributed by atoms with van der Waals surface area (Å²) in [5, 5.41) is 30.1. The molecule has 5 atom stereocenters. The molecule has 1 aliphatic heterocycles. The van der Waals surface area contributed by atoms with Crippen LogP contribution in [0, 0.1) is 5.41 Å². The second-order valence-corrected chi connectivity index (χ2v) is 7.16. The summed E-state index contributed by atoms with van der Waals surface area (Å²) in [7, 11) is 0. The Labute approximate surface area is 147 Å². The zero-order valence-corrected chi connectivity index (χ0v) is 14.7. The predicted molar refractivity (Wildman–Crippen MR) is 88.3 cm³/mol. The van der Waals surface area contributed by atoms with Crippen molar-refractivity contribution in [3.05, 3.63) is 35.9 Å². The van der Waals surface area contributed by atoms with E-state index in [2.05, 4.69) is 0 Å². The molecule has 1 fully saturated rings. The van der Waals surface area contributed by atoms with Gasteiger partial charge in [-0.3, -0.25) is 4.79 Å². The first-order valence-corrected chi connectivity index (χ1v) is 8.22.